The van der Waals surface area contributed by atoms with Crippen LogP contribution in [0.25, 0.3) is 10.9 Å². The van der Waals surface area contributed by atoms with Crippen molar-refractivity contribution in [2.24, 2.45) is 5.92 Å². The molecule has 130 valence electrons. The van der Waals surface area contributed by atoms with Gasteiger partial charge in [-0.3, -0.25) is 4.79 Å². The zero-order valence-electron chi connectivity index (χ0n) is 13.1. The highest BCUT2D eigenvalue weighted by Gasteiger charge is 2.34. The third-order valence-corrected chi connectivity index (χ3v) is 4.97. The summed E-state index contributed by atoms with van der Waals surface area (Å²) in [5.41, 5.74) is 3.34. The molecule has 2 atom stereocenters. The second kappa shape index (κ2) is 6.43. The van der Waals surface area contributed by atoms with Crippen LogP contribution >= 0.6 is 15.9 Å². The molecule has 0 saturated carbocycles. The fraction of sp³-hybridized carbons (Fsp3) is 0.471. The van der Waals surface area contributed by atoms with E-state index in [-0.39, 0.29) is 6.04 Å². The van der Waals surface area contributed by atoms with Crippen LogP contribution in [0.15, 0.2) is 22.7 Å². The Bertz CT molecular complexity index is 769. The van der Waals surface area contributed by atoms with Gasteiger partial charge in [0.1, 0.15) is 0 Å². The molecule has 0 saturated heterocycles. The minimum atomic E-state index is -4.32. The third kappa shape index (κ3) is 3.77. The van der Waals surface area contributed by atoms with Crippen molar-refractivity contribution in [1.82, 2.24) is 10.3 Å². The SMILES string of the molecule is C[C@H](CC(F)(F)F)C(=O)N[C@H]1CCc2[nH]c3ccc(Br)cc3c2C1. The molecule has 0 fully saturated rings. The number of aryl methyl sites for hydroxylation is 1. The summed E-state index contributed by atoms with van der Waals surface area (Å²) in [6.45, 7) is 1.32. The summed E-state index contributed by atoms with van der Waals surface area (Å²) in [6, 6.07) is 5.86. The highest BCUT2D eigenvalue weighted by Crippen LogP contribution is 2.31. The number of carbonyl (C=O) groups is 1. The van der Waals surface area contributed by atoms with Crippen molar-refractivity contribution in [3.63, 3.8) is 0 Å². The second-order valence-corrected chi connectivity index (χ2v) is 7.36. The lowest BCUT2D eigenvalue weighted by molar-refractivity contribution is -0.153. The lowest BCUT2D eigenvalue weighted by Crippen LogP contribution is -2.42. The van der Waals surface area contributed by atoms with E-state index >= 15 is 0 Å². The molecule has 0 radical (unpaired) electrons. The van der Waals surface area contributed by atoms with Crippen LogP contribution in [0.2, 0.25) is 0 Å². The summed E-state index contributed by atoms with van der Waals surface area (Å²) in [7, 11) is 0. The Morgan fingerprint density at radius 1 is 1.46 bits per heavy atom. The van der Waals surface area contributed by atoms with Gasteiger partial charge >= 0.3 is 6.18 Å². The number of H-pyrrole nitrogens is 1. The van der Waals surface area contributed by atoms with E-state index in [4.69, 9.17) is 0 Å². The maximum absolute atomic E-state index is 12.4. The Morgan fingerprint density at radius 3 is 2.92 bits per heavy atom. The lowest BCUT2D eigenvalue weighted by atomic mass is 9.91. The van der Waals surface area contributed by atoms with Gasteiger partial charge in [0.15, 0.2) is 0 Å². The molecular formula is C17H18BrF3N2O. The first-order valence-corrected chi connectivity index (χ1v) is 8.68. The molecule has 1 aromatic carbocycles. The molecule has 24 heavy (non-hydrogen) atoms. The fourth-order valence-corrected chi connectivity index (χ4v) is 3.66. The number of nitrogens with one attached hydrogen (secondary N) is 2. The first-order chi connectivity index (χ1) is 11.2. The van der Waals surface area contributed by atoms with Gasteiger partial charge in [-0.25, -0.2) is 0 Å². The smallest absolute Gasteiger partial charge is 0.358 e. The van der Waals surface area contributed by atoms with Gasteiger partial charge in [-0.05, 0) is 43.0 Å². The molecule has 0 spiro atoms. The normalized spacial score (nSPS) is 19.1. The predicted octanol–water partition coefficient (Wildman–Crippen LogP) is 4.49. The number of fused-ring (bicyclic) bond motifs is 3. The Hall–Kier alpha value is -1.50. The summed E-state index contributed by atoms with van der Waals surface area (Å²) in [5, 5.41) is 3.89. The zero-order valence-corrected chi connectivity index (χ0v) is 14.7. The molecule has 3 nitrogen and oxygen atoms in total. The number of amides is 1. The largest absolute Gasteiger partial charge is 0.389 e. The second-order valence-electron chi connectivity index (χ2n) is 6.44. The van der Waals surface area contributed by atoms with Crippen molar-refractivity contribution in [1.29, 1.82) is 0 Å². The van der Waals surface area contributed by atoms with Crippen molar-refractivity contribution in [2.45, 2.75) is 44.8 Å². The number of hydrogen-bond acceptors (Lipinski definition) is 1. The number of rotatable bonds is 3. The molecule has 1 aromatic heterocycles. The van der Waals surface area contributed by atoms with E-state index in [2.05, 4.69) is 26.2 Å². The Balaban J connectivity index is 1.72. The molecule has 1 aliphatic rings. The van der Waals surface area contributed by atoms with Gasteiger partial charge in [0.05, 0.1) is 6.42 Å². The fourth-order valence-electron chi connectivity index (χ4n) is 3.30. The van der Waals surface area contributed by atoms with Crippen molar-refractivity contribution in [2.75, 3.05) is 0 Å². The maximum atomic E-state index is 12.4. The summed E-state index contributed by atoms with van der Waals surface area (Å²) >= 11 is 3.46. The first kappa shape index (κ1) is 17.3. The topological polar surface area (TPSA) is 44.9 Å². The maximum Gasteiger partial charge on any atom is 0.389 e. The molecule has 2 N–H and O–H groups in total. The van der Waals surface area contributed by atoms with E-state index in [0.29, 0.717) is 6.42 Å². The molecule has 0 unspecified atom stereocenters. The molecule has 3 rings (SSSR count). The number of hydrogen-bond donors (Lipinski definition) is 2. The van der Waals surface area contributed by atoms with E-state index in [1.165, 1.54) is 6.92 Å². The summed E-state index contributed by atoms with van der Waals surface area (Å²) in [4.78, 5) is 15.4. The van der Waals surface area contributed by atoms with Gasteiger partial charge in [-0.1, -0.05) is 22.9 Å². The molecule has 1 heterocycles. The van der Waals surface area contributed by atoms with E-state index in [9.17, 15) is 18.0 Å². The van der Waals surface area contributed by atoms with Gasteiger partial charge < -0.3 is 10.3 Å². The monoisotopic (exact) mass is 402 g/mol. The molecule has 0 aliphatic heterocycles. The van der Waals surface area contributed by atoms with E-state index in [1.54, 1.807) is 0 Å². The van der Waals surface area contributed by atoms with Crippen molar-refractivity contribution in [3.05, 3.63) is 33.9 Å². The average Bonchev–Trinajstić information content (AvgIpc) is 2.83. The van der Waals surface area contributed by atoms with E-state index in [1.807, 2.05) is 18.2 Å². The quantitative estimate of drug-likeness (QED) is 0.780. The Morgan fingerprint density at radius 2 is 2.21 bits per heavy atom. The molecule has 1 aliphatic carbocycles. The van der Waals surface area contributed by atoms with Crippen LogP contribution in [0.1, 0.15) is 31.0 Å². The van der Waals surface area contributed by atoms with Gasteiger partial charge in [-0.15, -0.1) is 0 Å². The molecule has 0 bridgehead atoms. The molecule has 2 aromatic rings. The van der Waals surface area contributed by atoms with Crippen LogP contribution in [-0.4, -0.2) is 23.1 Å². The lowest BCUT2D eigenvalue weighted by Gasteiger charge is -2.25. The van der Waals surface area contributed by atoms with Gasteiger partial charge in [-0.2, -0.15) is 13.2 Å². The molecule has 7 heteroatoms. The van der Waals surface area contributed by atoms with E-state index < -0.39 is 24.4 Å². The summed E-state index contributed by atoms with van der Waals surface area (Å²) in [6.07, 6.45) is -3.27. The van der Waals surface area contributed by atoms with Gasteiger partial charge in [0.2, 0.25) is 5.91 Å². The molecule has 1 amide bonds. The number of alkyl halides is 3. The van der Waals surface area contributed by atoms with E-state index in [0.717, 1.165) is 39.5 Å². The highest BCUT2D eigenvalue weighted by molar-refractivity contribution is 9.10. The van der Waals surface area contributed by atoms with Gasteiger partial charge in [0, 0.05) is 33.0 Å². The minimum Gasteiger partial charge on any atom is -0.358 e. The minimum absolute atomic E-state index is 0.126. The number of halogens is 4. The summed E-state index contributed by atoms with van der Waals surface area (Å²) < 4.78 is 38.2. The third-order valence-electron chi connectivity index (χ3n) is 4.48. The highest BCUT2D eigenvalue weighted by atomic mass is 79.9. The Kier molecular flexibility index (Phi) is 4.64. The van der Waals surface area contributed by atoms with Crippen LogP contribution in [-0.2, 0) is 17.6 Å². The van der Waals surface area contributed by atoms with Crippen molar-refractivity contribution >= 4 is 32.7 Å². The predicted molar refractivity (Wildman–Crippen MR) is 89.8 cm³/mol. The van der Waals surface area contributed by atoms with Crippen LogP contribution in [0, 0.1) is 5.92 Å². The number of aromatic amines is 1. The first-order valence-electron chi connectivity index (χ1n) is 7.89. The molecular weight excluding hydrogens is 385 g/mol. The van der Waals surface area contributed by atoms with Crippen LogP contribution < -0.4 is 5.32 Å². The van der Waals surface area contributed by atoms with Gasteiger partial charge in [0.25, 0.3) is 0 Å². The van der Waals surface area contributed by atoms with Crippen LogP contribution in [0.5, 0.6) is 0 Å². The van der Waals surface area contributed by atoms with Crippen LogP contribution in [0.4, 0.5) is 13.2 Å². The zero-order chi connectivity index (χ0) is 17.5. The number of carbonyl (C=O) groups excluding carboxylic acids is 1. The number of aromatic nitrogens is 1. The average molecular weight is 403 g/mol. The Labute approximate surface area is 146 Å². The van der Waals surface area contributed by atoms with Crippen LogP contribution in [0.3, 0.4) is 0 Å². The van der Waals surface area contributed by atoms with Crippen molar-refractivity contribution < 1.29 is 18.0 Å². The van der Waals surface area contributed by atoms with Crippen molar-refractivity contribution in [3.8, 4) is 0 Å². The summed E-state index contributed by atoms with van der Waals surface area (Å²) in [5.74, 6) is -1.59. The standard InChI is InChI=1S/C17H18BrF3N2O/c1-9(8-17(19,20)21)16(24)22-11-3-5-15-13(7-11)12-6-10(18)2-4-14(12)23-15/h2,4,6,9,11,23H,3,5,7-8H2,1H3,(H,22,24)/t9-,11+/m1/s1. The number of benzene rings is 1.